The van der Waals surface area contributed by atoms with Crippen molar-refractivity contribution >= 4 is 33.2 Å². The van der Waals surface area contributed by atoms with E-state index in [0.29, 0.717) is 0 Å². The lowest BCUT2D eigenvalue weighted by molar-refractivity contribution is 0.682. The van der Waals surface area contributed by atoms with Crippen molar-refractivity contribution in [2.24, 2.45) is 0 Å². The molecule has 3 nitrogen and oxygen atoms in total. The van der Waals surface area contributed by atoms with Crippen molar-refractivity contribution in [3.63, 3.8) is 0 Å². The van der Waals surface area contributed by atoms with Crippen LogP contribution in [0.25, 0.3) is 0 Å². The summed E-state index contributed by atoms with van der Waals surface area (Å²) in [5, 5.41) is 3.39. The van der Waals surface area contributed by atoms with Gasteiger partial charge < -0.3 is 9.88 Å². The Morgan fingerprint density at radius 1 is 1.47 bits per heavy atom. The summed E-state index contributed by atoms with van der Waals surface area (Å²) >= 11 is 5.22. The molecule has 0 saturated carbocycles. The maximum atomic E-state index is 4.50. The van der Waals surface area contributed by atoms with Crippen molar-refractivity contribution in [1.29, 1.82) is 0 Å². The number of aromatic nitrogens is 2. The SMILES string of the molecule is CCCn1cc(C)nc1NCc1ccc(Br)s1. The van der Waals surface area contributed by atoms with E-state index in [1.165, 1.54) is 8.66 Å². The predicted octanol–water partition coefficient (Wildman–Crippen LogP) is 4.04. The van der Waals surface area contributed by atoms with Crippen molar-refractivity contribution in [2.75, 3.05) is 5.32 Å². The molecular weight excluding hydrogens is 298 g/mol. The number of imidazole rings is 1. The second-order valence-electron chi connectivity index (χ2n) is 3.96. The lowest BCUT2D eigenvalue weighted by Gasteiger charge is -2.07. The van der Waals surface area contributed by atoms with Gasteiger partial charge in [-0.25, -0.2) is 4.98 Å². The first kappa shape index (κ1) is 12.6. The van der Waals surface area contributed by atoms with Crippen molar-refractivity contribution in [2.45, 2.75) is 33.4 Å². The average Bonchev–Trinajstić information content (AvgIpc) is 2.83. The van der Waals surface area contributed by atoms with Gasteiger partial charge in [-0.05, 0) is 41.4 Å². The topological polar surface area (TPSA) is 29.9 Å². The third-order valence-electron chi connectivity index (χ3n) is 2.41. The zero-order valence-corrected chi connectivity index (χ0v) is 12.4. The largest absolute Gasteiger partial charge is 0.351 e. The van der Waals surface area contributed by atoms with Crippen molar-refractivity contribution in [3.8, 4) is 0 Å². The Bertz CT molecular complexity index is 490. The Balaban J connectivity index is 2.02. The Kier molecular flexibility index (Phi) is 4.23. The van der Waals surface area contributed by atoms with E-state index >= 15 is 0 Å². The van der Waals surface area contributed by atoms with Crippen LogP contribution < -0.4 is 5.32 Å². The summed E-state index contributed by atoms with van der Waals surface area (Å²) in [7, 11) is 0. The van der Waals surface area contributed by atoms with Gasteiger partial charge in [0.15, 0.2) is 0 Å². The molecule has 0 unspecified atom stereocenters. The molecule has 0 saturated heterocycles. The molecule has 92 valence electrons. The summed E-state index contributed by atoms with van der Waals surface area (Å²) in [4.78, 5) is 5.80. The van der Waals surface area contributed by atoms with Crippen LogP contribution >= 0.6 is 27.3 Å². The van der Waals surface area contributed by atoms with Crippen LogP contribution in [0, 0.1) is 6.92 Å². The number of hydrogen-bond donors (Lipinski definition) is 1. The Labute approximate surface area is 114 Å². The van der Waals surface area contributed by atoms with Crippen LogP contribution in [-0.4, -0.2) is 9.55 Å². The summed E-state index contributed by atoms with van der Waals surface area (Å²) in [6, 6.07) is 4.20. The Hall–Kier alpha value is -0.810. The Morgan fingerprint density at radius 3 is 2.94 bits per heavy atom. The minimum Gasteiger partial charge on any atom is -0.351 e. The van der Waals surface area contributed by atoms with Gasteiger partial charge in [0.25, 0.3) is 0 Å². The van der Waals surface area contributed by atoms with Crippen molar-refractivity contribution in [3.05, 3.63) is 32.7 Å². The molecule has 0 aliphatic heterocycles. The van der Waals surface area contributed by atoms with Crippen LogP contribution in [0.2, 0.25) is 0 Å². The van der Waals surface area contributed by atoms with E-state index in [0.717, 1.165) is 31.2 Å². The number of thiophene rings is 1. The molecule has 17 heavy (non-hydrogen) atoms. The molecule has 0 bridgehead atoms. The van der Waals surface area contributed by atoms with Crippen LogP contribution in [-0.2, 0) is 13.1 Å². The van der Waals surface area contributed by atoms with Gasteiger partial charge >= 0.3 is 0 Å². The molecule has 2 aromatic heterocycles. The first-order valence-corrected chi connectivity index (χ1v) is 7.32. The summed E-state index contributed by atoms with van der Waals surface area (Å²) in [5.41, 5.74) is 1.06. The standard InChI is InChI=1S/C12H16BrN3S/c1-3-6-16-8-9(2)15-12(16)14-7-10-4-5-11(13)17-10/h4-5,8H,3,6-7H2,1-2H3,(H,14,15). The maximum Gasteiger partial charge on any atom is 0.203 e. The lowest BCUT2D eigenvalue weighted by Crippen LogP contribution is -2.06. The number of aryl methyl sites for hydroxylation is 2. The number of anilines is 1. The predicted molar refractivity (Wildman–Crippen MR) is 76.6 cm³/mol. The van der Waals surface area contributed by atoms with Gasteiger partial charge in [0, 0.05) is 17.6 Å². The molecule has 0 amide bonds. The molecule has 0 aromatic carbocycles. The van der Waals surface area contributed by atoms with Crippen LogP contribution in [0.3, 0.4) is 0 Å². The first-order chi connectivity index (χ1) is 8.19. The molecule has 0 radical (unpaired) electrons. The quantitative estimate of drug-likeness (QED) is 0.903. The number of halogens is 1. The monoisotopic (exact) mass is 313 g/mol. The molecule has 0 fully saturated rings. The normalized spacial score (nSPS) is 10.8. The van der Waals surface area contributed by atoms with Gasteiger partial charge in [-0.2, -0.15) is 0 Å². The fourth-order valence-electron chi connectivity index (χ4n) is 1.71. The zero-order valence-electron chi connectivity index (χ0n) is 10.0. The number of nitrogens with zero attached hydrogens (tertiary/aromatic N) is 2. The minimum atomic E-state index is 0.830. The number of hydrogen-bond acceptors (Lipinski definition) is 3. The summed E-state index contributed by atoms with van der Waals surface area (Å²) in [6.45, 7) is 6.04. The van der Waals surface area contributed by atoms with Gasteiger partial charge in [0.2, 0.25) is 5.95 Å². The number of rotatable bonds is 5. The van der Waals surface area contributed by atoms with Crippen LogP contribution in [0.4, 0.5) is 5.95 Å². The van der Waals surface area contributed by atoms with Crippen LogP contribution in [0.5, 0.6) is 0 Å². The highest BCUT2D eigenvalue weighted by atomic mass is 79.9. The molecule has 0 aliphatic rings. The summed E-state index contributed by atoms with van der Waals surface area (Å²) in [6.07, 6.45) is 3.21. The molecule has 2 aromatic rings. The van der Waals surface area contributed by atoms with E-state index in [1.807, 2.05) is 6.92 Å². The molecule has 2 heterocycles. The van der Waals surface area contributed by atoms with Gasteiger partial charge in [-0.1, -0.05) is 6.92 Å². The molecule has 0 aliphatic carbocycles. The highest BCUT2D eigenvalue weighted by Gasteiger charge is 2.05. The van der Waals surface area contributed by atoms with Gasteiger partial charge in [-0.3, -0.25) is 0 Å². The smallest absolute Gasteiger partial charge is 0.203 e. The molecule has 2 rings (SSSR count). The van der Waals surface area contributed by atoms with Crippen molar-refractivity contribution < 1.29 is 0 Å². The lowest BCUT2D eigenvalue weighted by atomic mass is 10.4. The Morgan fingerprint density at radius 2 is 2.29 bits per heavy atom. The minimum absolute atomic E-state index is 0.830. The second kappa shape index (κ2) is 5.69. The fourth-order valence-corrected chi connectivity index (χ4v) is 3.14. The number of nitrogens with one attached hydrogen (secondary N) is 1. The van der Waals surface area contributed by atoms with E-state index in [9.17, 15) is 0 Å². The molecular formula is C12H16BrN3S. The molecule has 0 atom stereocenters. The first-order valence-electron chi connectivity index (χ1n) is 5.71. The van der Waals surface area contributed by atoms with Crippen molar-refractivity contribution in [1.82, 2.24) is 9.55 Å². The molecule has 0 spiro atoms. The van der Waals surface area contributed by atoms with Gasteiger partial charge in [0.05, 0.1) is 16.0 Å². The molecule has 5 heteroatoms. The third kappa shape index (κ3) is 3.33. The van der Waals surface area contributed by atoms with Crippen LogP contribution in [0.1, 0.15) is 23.9 Å². The third-order valence-corrected chi connectivity index (χ3v) is 4.03. The van der Waals surface area contributed by atoms with E-state index in [4.69, 9.17) is 0 Å². The fraction of sp³-hybridized carbons (Fsp3) is 0.417. The van der Waals surface area contributed by atoms with E-state index in [2.05, 4.69) is 56.1 Å². The second-order valence-corrected chi connectivity index (χ2v) is 6.51. The highest BCUT2D eigenvalue weighted by Crippen LogP contribution is 2.22. The van der Waals surface area contributed by atoms with Gasteiger partial charge in [-0.15, -0.1) is 11.3 Å². The average molecular weight is 314 g/mol. The maximum absolute atomic E-state index is 4.50. The van der Waals surface area contributed by atoms with E-state index in [-0.39, 0.29) is 0 Å². The zero-order chi connectivity index (χ0) is 12.3. The van der Waals surface area contributed by atoms with Gasteiger partial charge in [0.1, 0.15) is 0 Å². The van der Waals surface area contributed by atoms with Crippen LogP contribution in [0.15, 0.2) is 22.1 Å². The van der Waals surface area contributed by atoms with E-state index < -0.39 is 0 Å². The molecule has 1 N–H and O–H groups in total. The summed E-state index contributed by atoms with van der Waals surface area (Å²) in [5.74, 6) is 0.967. The highest BCUT2D eigenvalue weighted by molar-refractivity contribution is 9.11. The summed E-state index contributed by atoms with van der Waals surface area (Å²) < 4.78 is 3.35. The van der Waals surface area contributed by atoms with E-state index in [1.54, 1.807) is 11.3 Å².